The van der Waals surface area contributed by atoms with Crippen molar-refractivity contribution >= 4 is 53.6 Å². The van der Waals surface area contributed by atoms with E-state index in [0.29, 0.717) is 5.92 Å². The molecule has 0 bridgehead atoms. The first kappa shape index (κ1) is 24.3. The van der Waals surface area contributed by atoms with Gasteiger partial charge in [0.1, 0.15) is 0 Å². The third kappa shape index (κ3) is 4.28. The fourth-order valence-electron chi connectivity index (χ4n) is 5.56. The van der Waals surface area contributed by atoms with Gasteiger partial charge in [-0.05, 0) is 82.3 Å². The molecule has 6 aromatic rings. The van der Waals surface area contributed by atoms with Gasteiger partial charge in [-0.1, -0.05) is 71.0 Å². The summed E-state index contributed by atoms with van der Waals surface area (Å²) in [6.07, 6.45) is 3.09. The number of rotatable bonds is 4. The van der Waals surface area contributed by atoms with Crippen LogP contribution < -0.4 is 0 Å². The lowest BCUT2D eigenvalue weighted by Gasteiger charge is -2.22. The van der Waals surface area contributed by atoms with Crippen molar-refractivity contribution in [3.8, 4) is 21.7 Å². The molecule has 0 radical (unpaired) electrons. The molecule has 0 unspecified atom stereocenters. The Balaban J connectivity index is 1.57. The summed E-state index contributed by atoms with van der Waals surface area (Å²) in [7, 11) is 0. The molecule has 0 spiro atoms. The number of hydrogen-bond donors (Lipinski definition) is 0. The average Bonchev–Trinajstić information content (AvgIpc) is 3.43. The molecule has 0 aliphatic heterocycles. The highest BCUT2D eigenvalue weighted by Gasteiger charge is 2.21. The van der Waals surface area contributed by atoms with E-state index >= 15 is 0 Å². The van der Waals surface area contributed by atoms with E-state index in [2.05, 4.69) is 108 Å². The van der Waals surface area contributed by atoms with Crippen LogP contribution in [0.4, 0.5) is 0 Å². The zero-order valence-corrected chi connectivity index (χ0v) is 24.1. The van der Waals surface area contributed by atoms with E-state index in [9.17, 15) is 0 Å². The number of thiophene rings is 2. The molecule has 186 valence electrons. The molecule has 0 atom stereocenters. The molecule has 0 fully saturated rings. The van der Waals surface area contributed by atoms with E-state index in [1.807, 2.05) is 28.9 Å². The standard InChI is InChI=1S/C34H33NS2/c1-20(2)16-27-21(3)36-29-13-9-12-26(31(27)29)30-19-23-14-15-35-32(33(23)37-30)24-17-22-10-7-8-11-25(22)28(18-24)34(4,5)6/h7-15,17-20H,16H2,1-6H3. The summed E-state index contributed by atoms with van der Waals surface area (Å²) < 4.78 is 2.66. The molecule has 3 heteroatoms. The van der Waals surface area contributed by atoms with Gasteiger partial charge in [0.15, 0.2) is 0 Å². The summed E-state index contributed by atoms with van der Waals surface area (Å²) in [6, 6.07) is 24.8. The number of aromatic nitrogens is 1. The Morgan fingerprint density at radius 2 is 1.68 bits per heavy atom. The number of aryl methyl sites for hydroxylation is 1. The second-order valence-electron chi connectivity index (χ2n) is 11.6. The van der Waals surface area contributed by atoms with E-state index in [0.717, 1.165) is 12.1 Å². The van der Waals surface area contributed by atoms with E-state index < -0.39 is 0 Å². The summed E-state index contributed by atoms with van der Waals surface area (Å²) in [5.74, 6) is 0.632. The van der Waals surface area contributed by atoms with Crippen molar-refractivity contribution in [2.75, 3.05) is 0 Å². The van der Waals surface area contributed by atoms with Gasteiger partial charge in [-0.3, -0.25) is 4.98 Å². The second-order valence-corrected chi connectivity index (χ2v) is 13.9. The highest BCUT2D eigenvalue weighted by Crippen LogP contribution is 2.45. The number of fused-ring (bicyclic) bond motifs is 3. The lowest BCUT2D eigenvalue weighted by molar-refractivity contribution is 0.596. The maximum atomic E-state index is 4.95. The number of hydrogen-bond acceptors (Lipinski definition) is 3. The van der Waals surface area contributed by atoms with Crippen molar-refractivity contribution in [2.45, 2.75) is 53.4 Å². The molecular formula is C34H33NS2. The smallest absolute Gasteiger partial charge is 0.0880 e. The van der Waals surface area contributed by atoms with Crippen LogP contribution in [0.3, 0.4) is 0 Å². The summed E-state index contributed by atoms with van der Waals surface area (Å²) >= 11 is 3.82. The van der Waals surface area contributed by atoms with Crippen LogP contribution in [0.25, 0.3) is 52.6 Å². The third-order valence-electron chi connectivity index (χ3n) is 7.27. The van der Waals surface area contributed by atoms with Crippen LogP contribution in [0.2, 0.25) is 0 Å². The topological polar surface area (TPSA) is 12.9 Å². The highest BCUT2D eigenvalue weighted by molar-refractivity contribution is 7.23. The Morgan fingerprint density at radius 3 is 2.46 bits per heavy atom. The molecular weight excluding hydrogens is 487 g/mol. The van der Waals surface area contributed by atoms with Gasteiger partial charge in [0.2, 0.25) is 0 Å². The summed E-state index contributed by atoms with van der Waals surface area (Å²) in [4.78, 5) is 7.73. The first-order valence-electron chi connectivity index (χ1n) is 13.1. The third-order valence-corrected chi connectivity index (χ3v) is 9.57. The Bertz CT molecular complexity index is 1780. The molecule has 0 saturated carbocycles. The fraction of sp³-hybridized carbons (Fsp3) is 0.265. The molecule has 1 nitrogen and oxygen atoms in total. The van der Waals surface area contributed by atoms with Gasteiger partial charge >= 0.3 is 0 Å². The fourth-order valence-corrected chi connectivity index (χ4v) is 7.88. The van der Waals surface area contributed by atoms with Gasteiger partial charge in [-0.15, -0.1) is 22.7 Å². The van der Waals surface area contributed by atoms with Gasteiger partial charge in [-0.25, -0.2) is 0 Å². The van der Waals surface area contributed by atoms with Crippen molar-refractivity contribution in [1.29, 1.82) is 0 Å². The summed E-state index contributed by atoms with van der Waals surface area (Å²) in [5.41, 5.74) is 6.58. The molecule has 0 saturated heterocycles. The molecule has 3 aromatic carbocycles. The highest BCUT2D eigenvalue weighted by atomic mass is 32.1. The van der Waals surface area contributed by atoms with Crippen LogP contribution >= 0.6 is 22.7 Å². The predicted octanol–water partition coefficient (Wildman–Crippen LogP) is 10.8. The van der Waals surface area contributed by atoms with Crippen LogP contribution in [0.15, 0.2) is 72.9 Å². The minimum atomic E-state index is 0.0450. The van der Waals surface area contributed by atoms with Crippen molar-refractivity contribution in [3.05, 3.63) is 88.9 Å². The van der Waals surface area contributed by atoms with Gasteiger partial charge in [0.05, 0.1) is 10.4 Å². The monoisotopic (exact) mass is 519 g/mol. The molecule has 0 amide bonds. The SMILES string of the molecule is Cc1sc2cccc(-c3cc4ccnc(-c5cc(C(C)(C)C)c6ccccc6c5)c4s3)c2c1CC(C)C. The molecule has 6 rings (SSSR count). The van der Waals surface area contributed by atoms with Crippen LogP contribution in [0.5, 0.6) is 0 Å². The minimum absolute atomic E-state index is 0.0450. The largest absolute Gasteiger partial charge is 0.255 e. The van der Waals surface area contributed by atoms with Crippen LogP contribution in [-0.4, -0.2) is 4.98 Å². The zero-order chi connectivity index (χ0) is 25.9. The second kappa shape index (κ2) is 9.08. The summed E-state index contributed by atoms with van der Waals surface area (Å²) in [6.45, 7) is 13.8. The number of benzene rings is 3. The molecule has 37 heavy (non-hydrogen) atoms. The normalized spacial score (nSPS) is 12.4. The Labute approximate surface area is 227 Å². The van der Waals surface area contributed by atoms with Crippen molar-refractivity contribution in [2.24, 2.45) is 5.92 Å². The Kier molecular flexibility index (Phi) is 5.97. The molecule has 0 aliphatic rings. The van der Waals surface area contributed by atoms with Gasteiger partial charge in [0, 0.05) is 37.2 Å². The minimum Gasteiger partial charge on any atom is -0.255 e. The van der Waals surface area contributed by atoms with E-state index in [4.69, 9.17) is 4.98 Å². The quantitative estimate of drug-likeness (QED) is 0.226. The molecule has 3 aromatic heterocycles. The van der Waals surface area contributed by atoms with Crippen molar-refractivity contribution in [3.63, 3.8) is 0 Å². The van der Waals surface area contributed by atoms with Crippen LogP contribution in [0, 0.1) is 12.8 Å². The number of pyridine rings is 1. The van der Waals surface area contributed by atoms with E-state index in [-0.39, 0.29) is 5.41 Å². The lowest BCUT2D eigenvalue weighted by Crippen LogP contribution is -2.12. The van der Waals surface area contributed by atoms with E-state index in [1.165, 1.54) is 63.0 Å². The maximum Gasteiger partial charge on any atom is 0.0880 e. The van der Waals surface area contributed by atoms with Gasteiger partial charge < -0.3 is 0 Å². The Hall–Kier alpha value is -3.01. The van der Waals surface area contributed by atoms with Gasteiger partial charge in [-0.2, -0.15) is 0 Å². The zero-order valence-electron chi connectivity index (χ0n) is 22.5. The van der Waals surface area contributed by atoms with Crippen LogP contribution in [0.1, 0.15) is 50.6 Å². The average molecular weight is 520 g/mol. The van der Waals surface area contributed by atoms with E-state index in [1.54, 1.807) is 0 Å². The summed E-state index contributed by atoms with van der Waals surface area (Å²) in [5, 5.41) is 5.32. The van der Waals surface area contributed by atoms with Crippen molar-refractivity contribution < 1.29 is 0 Å². The number of nitrogens with zero attached hydrogens (tertiary/aromatic N) is 1. The molecule has 0 N–H and O–H groups in total. The first-order chi connectivity index (χ1) is 17.7. The first-order valence-corrected chi connectivity index (χ1v) is 14.8. The maximum absolute atomic E-state index is 4.95. The predicted molar refractivity (Wildman–Crippen MR) is 165 cm³/mol. The van der Waals surface area contributed by atoms with Gasteiger partial charge in [0.25, 0.3) is 0 Å². The van der Waals surface area contributed by atoms with Crippen LogP contribution in [-0.2, 0) is 11.8 Å². The van der Waals surface area contributed by atoms with Crippen molar-refractivity contribution in [1.82, 2.24) is 4.98 Å². The Morgan fingerprint density at radius 1 is 0.865 bits per heavy atom. The molecule has 3 heterocycles. The molecule has 0 aliphatic carbocycles. The lowest BCUT2D eigenvalue weighted by atomic mass is 9.82.